The van der Waals surface area contributed by atoms with E-state index in [9.17, 15) is 13.2 Å². The van der Waals surface area contributed by atoms with Crippen LogP contribution in [0, 0.1) is 5.92 Å². The van der Waals surface area contributed by atoms with Crippen LogP contribution in [0.2, 0.25) is 0 Å². The highest BCUT2D eigenvalue weighted by atomic mass is 32.2. The fraction of sp³-hybridized carbons (Fsp3) is 0.581. The monoisotopic (exact) mass is 555 g/mol. The van der Waals surface area contributed by atoms with E-state index in [1.54, 1.807) is 11.2 Å². The molecule has 1 amide bonds. The van der Waals surface area contributed by atoms with E-state index in [-0.39, 0.29) is 17.9 Å². The predicted octanol–water partition coefficient (Wildman–Crippen LogP) is 5.35. The number of hydrogen-bond acceptors (Lipinski definition) is 5. The van der Waals surface area contributed by atoms with Crippen LogP contribution in [-0.2, 0) is 21.4 Å². The number of benzene rings is 2. The fourth-order valence-electron chi connectivity index (χ4n) is 6.23. The third-order valence-electron chi connectivity index (χ3n) is 8.59. The molecule has 2 aliphatic heterocycles. The molecule has 7 nitrogen and oxygen atoms in total. The predicted molar refractivity (Wildman–Crippen MR) is 156 cm³/mol. The Morgan fingerprint density at radius 3 is 2.13 bits per heavy atom. The highest BCUT2D eigenvalue weighted by molar-refractivity contribution is 7.89. The summed E-state index contributed by atoms with van der Waals surface area (Å²) in [6.07, 6.45) is 4.58. The van der Waals surface area contributed by atoms with E-state index in [1.807, 2.05) is 42.2 Å². The summed E-state index contributed by atoms with van der Waals surface area (Å²) in [4.78, 5) is 17.3. The Morgan fingerprint density at radius 2 is 1.54 bits per heavy atom. The highest BCUT2D eigenvalue weighted by Crippen LogP contribution is 2.36. The molecule has 0 aromatic heterocycles. The number of ether oxygens (including phenoxy) is 1. The molecule has 2 aromatic carbocycles. The average Bonchev–Trinajstić information content (AvgIpc) is 2.98. The van der Waals surface area contributed by atoms with Gasteiger partial charge >= 0.3 is 6.09 Å². The van der Waals surface area contributed by atoms with E-state index in [2.05, 4.69) is 35.2 Å². The van der Waals surface area contributed by atoms with Gasteiger partial charge in [-0.05, 0) is 75.5 Å². The van der Waals surface area contributed by atoms with Crippen LogP contribution in [0.25, 0.3) is 0 Å². The number of hydrogen-bond donors (Lipinski definition) is 0. The van der Waals surface area contributed by atoms with Crippen molar-refractivity contribution in [2.24, 2.45) is 5.92 Å². The zero-order chi connectivity index (χ0) is 27.7. The number of nitrogens with zero attached hydrogens (tertiary/aromatic N) is 3. The molecule has 2 saturated heterocycles. The maximum Gasteiger partial charge on any atom is 0.410 e. The van der Waals surface area contributed by atoms with Gasteiger partial charge in [-0.1, -0.05) is 60.7 Å². The molecule has 8 heteroatoms. The summed E-state index contributed by atoms with van der Waals surface area (Å²) in [7, 11) is -3.11. The maximum atomic E-state index is 12.8. The second-order valence-electron chi connectivity index (χ2n) is 10.8. The minimum Gasteiger partial charge on any atom is -0.445 e. The van der Waals surface area contributed by atoms with Crippen LogP contribution in [0.1, 0.15) is 63.0 Å². The Bertz CT molecular complexity index is 1110. The molecule has 2 fully saturated rings. The van der Waals surface area contributed by atoms with Gasteiger partial charge in [0.05, 0.1) is 5.75 Å². The molecule has 2 aromatic rings. The lowest BCUT2D eigenvalue weighted by Gasteiger charge is -2.39. The molecule has 0 aliphatic carbocycles. The van der Waals surface area contributed by atoms with Crippen molar-refractivity contribution < 1.29 is 17.9 Å². The zero-order valence-corrected chi connectivity index (χ0v) is 24.4. The van der Waals surface area contributed by atoms with E-state index in [0.717, 1.165) is 57.3 Å². The van der Waals surface area contributed by atoms with Gasteiger partial charge in [-0.15, -0.1) is 0 Å². The molecule has 0 bridgehead atoms. The molecule has 0 radical (unpaired) electrons. The minimum absolute atomic E-state index is 0.177. The van der Waals surface area contributed by atoms with Gasteiger partial charge in [0.25, 0.3) is 0 Å². The van der Waals surface area contributed by atoms with Gasteiger partial charge in [0.2, 0.25) is 10.0 Å². The molecular formula is C31H45N3O4S. The Morgan fingerprint density at radius 1 is 0.923 bits per heavy atom. The van der Waals surface area contributed by atoms with Crippen LogP contribution in [-0.4, -0.2) is 79.7 Å². The maximum absolute atomic E-state index is 12.8. The second kappa shape index (κ2) is 14.3. The SMILES string of the molecule is CCN(C(=O)OCc1ccccc1)C1CCN(CCC(c2ccccc2)C2CCN(S(=O)(=O)CC)CC2)CC1. The molecule has 214 valence electrons. The van der Waals surface area contributed by atoms with Crippen LogP contribution in [0.3, 0.4) is 0 Å². The highest BCUT2D eigenvalue weighted by Gasteiger charge is 2.33. The van der Waals surface area contributed by atoms with Crippen molar-refractivity contribution in [2.75, 3.05) is 45.0 Å². The Hall–Kier alpha value is -2.42. The van der Waals surface area contributed by atoms with Crippen molar-refractivity contribution in [1.29, 1.82) is 0 Å². The van der Waals surface area contributed by atoms with Gasteiger partial charge in [-0.3, -0.25) is 0 Å². The first kappa shape index (κ1) is 29.6. The Labute approximate surface area is 235 Å². The van der Waals surface area contributed by atoms with Crippen LogP contribution >= 0.6 is 0 Å². The summed E-state index contributed by atoms with van der Waals surface area (Å²) in [5.41, 5.74) is 2.37. The first-order valence-corrected chi connectivity index (χ1v) is 16.2. The van der Waals surface area contributed by atoms with Gasteiger partial charge in [0.15, 0.2) is 0 Å². The number of carbonyl (C=O) groups is 1. The number of likely N-dealkylation sites (tertiary alicyclic amines) is 1. The van der Waals surface area contributed by atoms with Crippen molar-refractivity contribution in [3.8, 4) is 0 Å². The summed E-state index contributed by atoms with van der Waals surface area (Å²) in [6.45, 7) is 8.93. The molecule has 0 saturated carbocycles. The average molecular weight is 556 g/mol. The number of piperidine rings is 2. The molecular weight excluding hydrogens is 510 g/mol. The molecule has 4 rings (SSSR count). The van der Waals surface area contributed by atoms with Crippen molar-refractivity contribution in [2.45, 2.75) is 64.5 Å². The van der Waals surface area contributed by atoms with Crippen molar-refractivity contribution in [3.05, 3.63) is 71.8 Å². The van der Waals surface area contributed by atoms with Crippen LogP contribution in [0.4, 0.5) is 4.79 Å². The first-order valence-electron chi connectivity index (χ1n) is 14.6. The van der Waals surface area contributed by atoms with Crippen molar-refractivity contribution in [1.82, 2.24) is 14.1 Å². The molecule has 39 heavy (non-hydrogen) atoms. The summed E-state index contributed by atoms with van der Waals surface area (Å²) < 4.78 is 32.0. The third kappa shape index (κ3) is 8.05. The summed E-state index contributed by atoms with van der Waals surface area (Å²) in [5.74, 6) is 1.09. The van der Waals surface area contributed by atoms with E-state index in [4.69, 9.17) is 4.74 Å². The van der Waals surface area contributed by atoms with Crippen molar-refractivity contribution in [3.63, 3.8) is 0 Å². The van der Waals surface area contributed by atoms with Gasteiger partial charge in [-0.2, -0.15) is 0 Å². The minimum atomic E-state index is -3.11. The molecule has 0 N–H and O–H groups in total. The molecule has 1 unspecified atom stereocenters. The summed E-state index contributed by atoms with van der Waals surface area (Å²) >= 11 is 0. The fourth-order valence-corrected chi connectivity index (χ4v) is 7.36. The summed E-state index contributed by atoms with van der Waals surface area (Å²) in [6, 6.07) is 20.8. The van der Waals surface area contributed by atoms with Gasteiger partial charge in [0, 0.05) is 38.8 Å². The Kier molecular flexibility index (Phi) is 10.8. The molecule has 0 spiro atoms. The normalized spacial score (nSPS) is 19.0. The molecule has 1 atom stereocenters. The molecule has 2 heterocycles. The largest absolute Gasteiger partial charge is 0.445 e. The Balaban J connectivity index is 1.28. The number of amides is 1. The third-order valence-corrected chi connectivity index (χ3v) is 10.5. The van der Waals surface area contributed by atoms with Crippen LogP contribution in [0.5, 0.6) is 0 Å². The second-order valence-corrected chi connectivity index (χ2v) is 13.1. The smallest absolute Gasteiger partial charge is 0.410 e. The van der Waals surface area contributed by atoms with Crippen molar-refractivity contribution >= 4 is 16.1 Å². The zero-order valence-electron chi connectivity index (χ0n) is 23.6. The van der Waals surface area contributed by atoms with Gasteiger partial charge in [0.1, 0.15) is 6.61 Å². The quantitative estimate of drug-likeness (QED) is 0.374. The standard InChI is InChI=1S/C31H45N3O4S/c1-3-34(31(35)38-25-26-11-7-5-8-12-26)29-17-20-32(21-18-29)22-19-30(27-13-9-6-10-14-27)28-15-23-33(24-16-28)39(36,37)4-2/h5-14,28-30H,3-4,15-25H2,1-2H3. The van der Waals surface area contributed by atoms with E-state index >= 15 is 0 Å². The first-order chi connectivity index (χ1) is 18.9. The number of sulfonamides is 1. The summed E-state index contributed by atoms with van der Waals surface area (Å²) in [5, 5.41) is 0. The van der Waals surface area contributed by atoms with E-state index in [0.29, 0.717) is 38.1 Å². The lowest BCUT2D eigenvalue weighted by atomic mass is 9.78. The molecule has 2 aliphatic rings. The lowest BCUT2D eigenvalue weighted by Crippen LogP contribution is -2.47. The number of rotatable bonds is 11. The van der Waals surface area contributed by atoms with Gasteiger partial charge < -0.3 is 14.5 Å². The number of carbonyl (C=O) groups excluding carboxylic acids is 1. The van der Waals surface area contributed by atoms with Crippen LogP contribution < -0.4 is 0 Å². The van der Waals surface area contributed by atoms with Gasteiger partial charge in [-0.25, -0.2) is 17.5 Å². The van der Waals surface area contributed by atoms with E-state index in [1.165, 1.54) is 5.56 Å². The lowest BCUT2D eigenvalue weighted by molar-refractivity contribution is 0.0622. The topological polar surface area (TPSA) is 70.2 Å². The van der Waals surface area contributed by atoms with Crippen LogP contribution in [0.15, 0.2) is 60.7 Å². The van der Waals surface area contributed by atoms with E-state index < -0.39 is 10.0 Å².